The van der Waals surface area contributed by atoms with Gasteiger partial charge in [0.05, 0.1) is 0 Å². The molecule has 0 aliphatic heterocycles. The van der Waals surface area contributed by atoms with E-state index in [0.717, 1.165) is 11.3 Å². The third kappa shape index (κ3) is 2.79. The fraction of sp³-hybridized carbons (Fsp3) is 0.417. The highest BCUT2D eigenvalue weighted by Crippen LogP contribution is 2.48. The number of hydrogen-bond acceptors (Lipinski definition) is 4. The van der Waals surface area contributed by atoms with Gasteiger partial charge in [0.15, 0.2) is 4.08 Å². The van der Waals surface area contributed by atoms with Crippen LogP contribution < -0.4 is 0 Å². The number of benzene rings is 1. The smallest absolute Gasteiger partial charge is 0.219 e. The predicted molar refractivity (Wildman–Crippen MR) is 78.3 cm³/mol. The Morgan fingerprint density at radius 1 is 1.25 bits per heavy atom. The van der Waals surface area contributed by atoms with Crippen LogP contribution in [-0.2, 0) is 8.87 Å². The Balaban J connectivity index is 3.17. The van der Waals surface area contributed by atoms with Gasteiger partial charge in [-0.3, -0.25) is 4.79 Å². The van der Waals surface area contributed by atoms with Crippen molar-refractivity contribution < 1.29 is 4.79 Å². The van der Waals surface area contributed by atoms with Gasteiger partial charge in [-0.05, 0) is 23.8 Å². The molecule has 0 fully saturated rings. The van der Waals surface area contributed by atoms with Crippen molar-refractivity contribution in [3.63, 3.8) is 0 Å². The first kappa shape index (κ1) is 14.0. The van der Waals surface area contributed by atoms with E-state index in [1.54, 1.807) is 23.5 Å². The van der Waals surface area contributed by atoms with Crippen molar-refractivity contribution >= 4 is 40.4 Å². The van der Waals surface area contributed by atoms with Crippen LogP contribution in [0.3, 0.4) is 0 Å². The van der Waals surface area contributed by atoms with E-state index in [-0.39, 0.29) is 5.12 Å². The molecule has 0 spiro atoms. The lowest BCUT2D eigenvalue weighted by molar-refractivity contribution is -0.111. The second kappa shape index (κ2) is 6.62. The number of thioether (sulfide) groups is 3. The molecule has 0 saturated carbocycles. The van der Waals surface area contributed by atoms with Crippen LogP contribution in [0, 0.1) is 0 Å². The van der Waals surface area contributed by atoms with E-state index in [9.17, 15) is 4.79 Å². The number of carbonyl (C=O) groups excluding carboxylic acids is 1. The highest BCUT2D eigenvalue weighted by Gasteiger charge is 2.38. The molecular formula is C12H16OS3. The molecule has 1 nitrogen and oxygen atoms in total. The highest BCUT2D eigenvalue weighted by atomic mass is 32.2. The second-order valence-corrected chi connectivity index (χ2v) is 6.65. The van der Waals surface area contributed by atoms with Gasteiger partial charge in [-0.2, -0.15) is 0 Å². The fourth-order valence-corrected chi connectivity index (χ4v) is 5.02. The Hall–Kier alpha value is -0.0600. The average molecular weight is 272 g/mol. The molecule has 0 saturated heterocycles. The molecule has 0 heterocycles. The van der Waals surface area contributed by atoms with Gasteiger partial charge >= 0.3 is 0 Å². The largest absolute Gasteiger partial charge is 0.284 e. The first-order valence-electron chi connectivity index (χ1n) is 5.04. The van der Waals surface area contributed by atoms with E-state index in [1.807, 2.05) is 42.8 Å². The molecule has 0 radical (unpaired) electrons. The Labute approximate surface area is 110 Å². The summed E-state index contributed by atoms with van der Waals surface area (Å²) in [6, 6.07) is 10.0. The van der Waals surface area contributed by atoms with Crippen LogP contribution >= 0.6 is 35.3 Å². The first-order valence-corrected chi connectivity index (χ1v) is 8.47. The van der Waals surface area contributed by atoms with Gasteiger partial charge in [0.2, 0.25) is 5.12 Å². The molecule has 1 unspecified atom stereocenters. The van der Waals surface area contributed by atoms with Gasteiger partial charge in [-0.25, -0.2) is 0 Å². The van der Waals surface area contributed by atoms with Crippen LogP contribution in [0.15, 0.2) is 30.3 Å². The summed E-state index contributed by atoms with van der Waals surface area (Å²) in [5.74, 6) is 0.933. The van der Waals surface area contributed by atoms with Crippen molar-refractivity contribution in [3.05, 3.63) is 35.9 Å². The summed E-state index contributed by atoms with van der Waals surface area (Å²) >= 11 is 4.63. The highest BCUT2D eigenvalue weighted by molar-refractivity contribution is 8.23. The lowest BCUT2D eigenvalue weighted by Gasteiger charge is -2.29. The number of hydrogen-bond donors (Lipinski definition) is 0. The minimum absolute atomic E-state index is 0.220. The van der Waals surface area contributed by atoms with E-state index in [2.05, 4.69) is 6.92 Å². The molecule has 1 rings (SSSR count). The number of rotatable bonds is 5. The van der Waals surface area contributed by atoms with Gasteiger partial charge in [0.25, 0.3) is 0 Å². The van der Waals surface area contributed by atoms with E-state index >= 15 is 0 Å². The average Bonchev–Trinajstić information content (AvgIpc) is 2.36. The van der Waals surface area contributed by atoms with Crippen LogP contribution in [0.4, 0.5) is 0 Å². The Morgan fingerprint density at radius 3 is 2.31 bits per heavy atom. The van der Waals surface area contributed by atoms with E-state index < -0.39 is 4.08 Å². The summed E-state index contributed by atoms with van der Waals surface area (Å²) < 4.78 is -0.449. The predicted octanol–water partition coefficient (Wildman–Crippen LogP) is 3.85. The molecule has 1 atom stereocenters. The van der Waals surface area contributed by atoms with E-state index in [0.29, 0.717) is 0 Å². The van der Waals surface area contributed by atoms with Crippen molar-refractivity contribution in [1.82, 2.24) is 0 Å². The van der Waals surface area contributed by atoms with Gasteiger partial charge in [-0.15, -0.1) is 23.5 Å². The van der Waals surface area contributed by atoms with Crippen molar-refractivity contribution in [2.45, 2.75) is 11.0 Å². The van der Waals surface area contributed by atoms with Crippen LogP contribution in [-0.4, -0.2) is 23.4 Å². The standard InChI is InChI=1S/C12H16OS3/c1-4-16-12(15-3,11(13)14-2)10-8-6-5-7-9-10/h5-9H,4H2,1-3H3. The molecular weight excluding hydrogens is 256 g/mol. The van der Waals surface area contributed by atoms with Gasteiger partial charge in [-0.1, -0.05) is 49.0 Å². The molecule has 0 aliphatic carbocycles. The van der Waals surface area contributed by atoms with Crippen molar-refractivity contribution in [2.75, 3.05) is 18.3 Å². The molecule has 16 heavy (non-hydrogen) atoms. The summed E-state index contributed by atoms with van der Waals surface area (Å²) in [4.78, 5) is 12.2. The Bertz CT molecular complexity index is 339. The summed E-state index contributed by atoms with van der Waals surface area (Å²) in [5.41, 5.74) is 1.09. The normalized spacial score (nSPS) is 14.4. The zero-order valence-corrected chi connectivity index (χ0v) is 12.2. The molecule has 0 N–H and O–H groups in total. The van der Waals surface area contributed by atoms with Gasteiger partial charge in [0.1, 0.15) is 0 Å². The molecule has 0 amide bonds. The topological polar surface area (TPSA) is 17.1 Å². The van der Waals surface area contributed by atoms with Crippen molar-refractivity contribution in [3.8, 4) is 0 Å². The minimum atomic E-state index is -0.449. The maximum atomic E-state index is 12.2. The lowest BCUT2D eigenvalue weighted by Crippen LogP contribution is -2.26. The molecule has 4 heteroatoms. The Morgan fingerprint density at radius 2 is 1.88 bits per heavy atom. The minimum Gasteiger partial charge on any atom is -0.284 e. The molecule has 1 aromatic rings. The molecule has 0 aliphatic rings. The van der Waals surface area contributed by atoms with Gasteiger partial charge < -0.3 is 0 Å². The van der Waals surface area contributed by atoms with Crippen LogP contribution in [0.5, 0.6) is 0 Å². The third-order valence-corrected chi connectivity index (χ3v) is 6.14. The van der Waals surface area contributed by atoms with Crippen LogP contribution in [0.2, 0.25) is 0 Å². The number of carbonyl (C=O) groups is 1. The van der Waals surface area contributed by atoms with Crippen molar-refractivity contribution in [1.29, 1.82) is 0 Å². The molecule has 1 aromatic carbocycles. The molecule has 0 aromatic heterocycles. The third-order valence-electron chi connectivity index (χ3n) is 2.24. The zero-order chi connectivity index (χ0) is 12.0. The van der Waals surface area contributed by atoms with Gasteiger partial charge in [0, 0.05) is 0 Å². The van der Waals surface area contributed by atoms with E-state index in [1.165, 1.54) is 11.8 Å². The lowest BCUT2D eigenvalue weighted by atomic mass is 10.1. The zero-order valence-electron chi connectivity index (χ0n) is 9.73. The second-order valence-electron chi connectivity index (χ2n) is 3.11. The van der Waals surface area contributed by atoms with E-state index in [4.69, 9.17) is 0 Å². The molecule has 0 bridgehead atoms. The van der Waals surface area contributed by atoms with Crippen molar-refractivity contribution in [2.24, 2.45) is 0 Å². The maximum absolute atomic E-state index is 12.2. The summed E-state index contributed by atoms with van der Waals surface area (Å²) in [6.45, 7) is 2.09. The van der Waals surface area contributed by atoms with Crippen LogP contribution in [0.25, 0.3) is 0 Å². The molecule has 88 valence electrons. The van der Waals surface area contributed by atoms with Crippen LogP contribution in [0.1, 0.15) is 12.5 Å². The summed E-state index contributed by atoms with van der Waals surface area (Å²) in [5, 5.41) is 0.220. The fourth-order valence-electron chi connectivity index (χ4n) is 1.52. The maximum Gasteiger partial charge on any atom is 0.219 e. The first-order chi connectivity index (χ1) is 7.71. The summed E-state index contributed by atoms with van der Waals surface area (Å²) in [7, 11) is 0. The Kier molecular flexibility index (Phi) is 5.79. The SMILES string of the molecule is CCSC(SC)(C(=O)SC)c1ccccc1. The quantitative estimate of drug-likeness (QED) is 0.757. The summed E-state index contributed by atoms with van der Waals surface area (Å²) in [6.07, 6.45) is 3.86. The monoisotopic (exact) mass is 272 g/mol.